The summed E-state index contributed by atoms with van der Waals surface area (Å²) in [5.41, 5.74) is 1.26. The molecule has 0 aromatic carbocycles. The van der Waals surface area contributed by atoms with Crippen LogP contribution in [0.3, 0.4) is 0 Å². The van der Waals surface area contributed by atoms with Crippen molar-refractivity contribution in [3.05, 3.63) is 12.2 Å². The highest BCUT2D eigenvalue weighted by Gasteiger charge is 2.08. The first-order valence-corrected chi connectivity index (χ1v) is 3.93. The predicted octanol–water partition coefficient (Wildman–Crippen LogP) is 0.514. The highest BCUT2D eigenvalue weighted by Crippen LogP contribution is 1.96. The van der Waals surface area contributed by atoms with Crippen LogP contribution in [0.25, 0.3) is 0 Å². The Kier molecular flexibility index (Phi) is 2.90. The Hall–Kier alpha value is -0.340. The van der Waals surface area contributed by atoms with E-state index in [4.69, 9.17) is 0 Å². The van der Waals surface area contributed by atoms with Crippen LogP contribution < -0.4 is 10.6 Å². The van der Waals surface area contributed by atoms with Crippen LogP contribution in [0.1, 0.15) is 13.3 Å². The molecule has 1 heterocycles. The molecule has 0 bridgehead atoms. The van der Waals surface area contributed by atoms with Gasteiger partial charge in [0, 0.05) is 25.7 Å². The van der Waals surface area contributed by atoms with Gasteiger partial charge in [0.2, 0.25) is 0 Å². The van der Waals surface area contributed by atoms with Gasteiger partial charge in [-0.15, -0.1) is 0 Å². The maximum Gasteiger partial charge on any atom is 0.0193 e. The summed E-state index contributed by atoms with van der Waals surface area (Å²) in [4.78, 5) is 0. The van der Waals surface area contributed by atoms with Crippen molar-refractivity contribution in [1.29, 1.82) is 0 Å². The first-order chi connectivity index (χ1) is 4.83. The molecule has 2 N–H and O–H groups in total. The number of hydrogen-bond donors (Lipinski definition) is 2. The Morgan fingerprint density at radius 3 is 3.10 bits per heavy atom. The number of hydrogen-bond acceptors (Lipinski definition) is 2. The van der Waals surface area contributed by atoms with E-state index in [2.05, 4.69) is 24.1 Å². The maximum absolute atomic E-state index is 3.92. The zero-order valence-corrected chi connectivity index (χ0v) is 6.61. The molecule has 0 aliphatic carbocycles. The molecular weight excluding hydrogens is 124 g/mol. The third-order valence-corrected chi connectivity index (χ3v) is 1.90. The summed E-state index contributed by atoms with van der Waals surface area (Å²) in [5.74, 6) is 0. The first kappa shape index (κ1) is 7.76. The summed E-state index contributed by atoms with van der Waals surface area (Å²) in [6.07, 6.45) is 1.19. The molecular formula is C8H16N2. The van der Waals surface area contributed by atoms with Gasteiger partial charge in [-0.2, -0.15) is 0 Å². The van der Waals surface area contributed by atoms with Crippen LogP contribution in [0.2, 0.25) is 0 Å². The van der Waals surface area contributed by atoms with E-state index >= 15 is 0 Å². The summed E-state index contributed by atoms with van der Waals surface area (Å²) >= 11 is 0. The zero-order chi connectivity index (χ0) is 7.40. The van der Waals surface area contributed by atoms with Crippen LogP contribution in [0, 0.1) is 0 Å². The first-order valence-electron chi connectivity index (χ1n) is 3.93. The number of nitrogens with one attached hydrogen (secondary N) is 2. The Labute approximate surface area is 62.7 Å². The Morgan fingerprint density at radius 1 is 1.60 bits per heavy atom. The highest BCUT2D eigenvalue weighted by atomic mass is 15.0. The van der Waals surface area contributed by atoms with Crippen molar-refractivity contribution < 1.29 is 0 Å². The van der Waals surface area contributed by atoms with E-state index in [1.807, 2.05) is 0 Å². The lowest BCUT2D eigenvalue weighted by atomic mass is 10.2. The summed E-state index contributed by atoms with van der Waals surface area (Å²) < 4.78 is 0. The topological polar surface area (TPSA) is 24.1 Å². The highest BCUT2D eigenvalue weighted by molar-refractivity contribution is 5.02. The minimum Gasteiger partial charge on any atom is -0.311 e. The van der Waals surface area contributed by atoms with Crippen molar-refractivity contribution in [3.63, 3.8) is 0 Å². The summed E-state index contributed by atoms with van der Waals surface area (Å²) in [5, 5.41) is 6.75. The van der Waals surface area contributed by atoms with E-state index in [1.165, 1.54) is 12.0 Å². The second-order valence-electron chi connectivity index (χ2n) is 2.87. The third-order valence-electron chi connectivity index (χ3n) is 1.90. The van der Waals surface area contributed by atoms with E-state index in [0.29, 0.717) is 6.04 Å². The van der Waals surface area contributed by atoms with Crippen molar-refractivity contribution in [2.45, 2.75) is 19.4 Å². The second kappa shape index (κ2) is 3.74. The van der Waals surface area contributed by atoms with Gasteiger partial charge in [-0.3, -0.25) is 0 Å². The van der Waals surface area contributed by atoms with Gasteiger partial charge in [0.1, 0.15) is 0 Å². The lowest BCUT2D eigenvalue weighted by Gasteiger charge is -2.11. The average molecular weight is 140 g/mol. The molecule has 0 amide bonds. The molecule has 1 saturated heterocycles. The Balaban J connectivity index is 2.33. The van der Waals surface area contributed by atoms with E-state index in [0.717, 1.165) is 19.6 Å². The SMILES string of the molecule is C=C1CNCC(CC)NC1. The molecule has 1 unspecified atom stereocenters. The molecule has 10 heavy (non-hydrogen) atoms. The van der Waals surface area contributed by atoms with Crippen LogP contribution in [-0.2, 0) is 0 Å². The van der Waals surface area contributed by atoms with Crippen molar-refractivity contribution in [2.24, 2.45) is 0 Å². The predicted molar refractivity (Wildman–Crippen MR) is 44.1 cm³/mol. The molecule has 1 atom stereocenters. The molecule has 1 fully saturated rings. The van der Waals surface area contributed by atoms with Gasteiger partial charge in [-0.1, -0.05) is 13.5 Å². The molecule has 1 rings (SSSR count). The van der Waals surface area contributed by atoms with E-state index in [-0.39, 0.29) is 0 Å². The molecule has 0 aromatic heterocycles. The molecule has 58 valence electrons. The minimum atomic E-state index is 0.638. The fourth-order valence-corrected chi connectivity index (χ4v) is 1.14. The fourth-order valence-electron chi connectivity index (χ4n) is 1.14. The van der Waals surface area contributed by atoms with Crippen molar-refractivity contribution in [2.75, 3.05) is 19.6 Å². The van der Waals surface area contributed by atoms with E-state index < -0.39 is 0 Å². The molecule has 2 nitrogen and oxygen atoms in total. The largest absolute Gasteiger partial charge is 0.311 e. The van der Waals surface area contributed by atoms with Gasteiger partial charge in [-0.05, 0) is 12.0 Å². The van der Waals surface area contributed by atoms with Crippen LogP contribution >= 0.6 is 0 Å². The second-order valence-corrected chi connectivity index (χ2v) is 2.87. The Morgan fingerprint density at radius 2 is 2.40 bits per heavy atom. The molecule has 1 aliphatic heterocycles. The quantitative estimate of drug-likeness (QED) is 0.519. The normalized spacial score (nSPS) is 28.1. The fraction of sp³-hybridized carbons (Fsp3) is 0.750. The Bertz CT molecular complexity index is 120. The maximum atomic E-state index is 3.92. The standard InChI is InChI=1S/C8H16N2/c1-3-8-6-9-4-7(2)5-10-8/h8-10H,2-6H2,1H3. The molecule has 0 radical (unpaired) electrons. The molecule has 0 aromatic rings. The molecule has 0 saturated carbocycles. The average Bonchev–Trinajstić information content (AvgIpc) is 2.14. The van der Waals surface area contributed by atoms with Gasteiger partial charge in [-0.25, -0.2) is 0 Å². The lowest BCUT2D eigenvalue weighted by molar-refractivity contribution is 0.516. The van der Waals surface area contributed by atoms with Gasteiger partial charge < -0.3 is 10.6 Å². The van der Waals surface area contributed by atoms with Gasteiger partial charge in [0.15, 0.2) is 0 Å². The van der Waals surface area contributed by atoms with Gasteiger partial charge in [0.05, 0.1) is 0 Å². The monoisotopic (exact) mass is 140 g/mol. The van der Waals surface area contributed by atoms with Crippen molar-refractivity contribution >= 4 is 0 Å². The van der Waals surface area contributed by atoms with Gasteiger partial charge >= 0.3 is 0 Å². The van der Waals surface area contributed by atoms with Crippen LogP contribution in [0.15, 0.2) is 12.2 Å². The third kappa shape index (κ3) is 2.12. The lowest BCUT2D eigenvalue weighted by Crippen LogP contribution is -2.34. The summed E-state index contributed by atoms with van der Waals surface area (Å²) in [6.45, 7) is 9.15. The van der Waals surface area contributed by atoms with Crippen molar-refractivity contribution in [1.82, 2.24) is 10.6 Å². The van der Waals surface area contributed by atoms with Crippen molar-refractivity contribution in [3.8, 4) is 0 Å². The summed E-state index contributed by atoms with van der Waals surface area (Å²) in [6, 6.07) is 0.638. The van der Waals surface area contributed by atoms with Crippen LogP contribution in [0.4, 0.5) is 0 Å². The van der Waals surface area contributed by atoms with Crippen LogP contribution in [0.5, 0.6) is 0 Å². The molecule has 0 spiro atoms. The van der Waals surface area contributed by atoms with E-state index in [1.54, 1.807) is 0 Å². The van der Waals surface area contributed by atoms with Gasteiger partial charge in [0.25, 0.3) is 0 Å². The number of rotatable bonds is 1. The van der Waals surface area contributed by atoms with E-state index in [9.17, 15) is 0 Å². The van der Waals surface area contributed by atoms with Crippen LogP contribution in [-0.4, -0.2) is 25.7 Å². The minimum absolute atomic E-state index is 0.638. The smallest absolute Gasteiger partial charge is 0.0193 e. The molecule has 2 heteroatoms. The zero-order valence-electron chi connectivity index (χ0n) is 6.61. The summed E-state index contributed by atoms with van der Waals surface area (Å²) in [7, 11) is 0. The molecule has 1 aliphatic rings.